The minimum absolute atomic E-state index is 0.384. The number of nitrogens with one attached hydrogen (secondary N) is 1. The van der Waals surface area contributed by atoms with Crippen LogP contribution in [0.25, 0.3) is 0 Å². The Bertz CT molecular complexity index is 455. The van der Waals surface area contributed by atoms with Crippen molar-refractivity contribution in [1.82, 2.24) is 5.32 Å². The van der Waals surface area contributed by atoms with Crippen LogP contribution in [0.15, 0.2) is 34.1 Å². The molecule has 0 amide bonds. The highest BCUT2D eigenvalue weighted by Crippen LogP contribution is 2.19. The number of hydrogen-bond acceptors (Lipinski definition) is 4. The standard InChI is InChI=1S/C14H23NO2S2/c1-3-4-5-10-15-11-12-18-13-6-8-14(9-7-13)19(2,16)17/h6-9,15H,3-5,10-12H2,1-2H3. The molecule has 0 heterocycles. The third-order valence-electron chi connectivity index (χ3n) is 2.76. The van der Waals surface area contributed by atoms with Crippen molar-refractivity contribution in [1.29, 1.82) is 0 Å². The fourth-order valence-corrected chi connectivity index (χ4v) is 3.09. The van der Waals surface area contributed by atoms with Crippen LogP contribution in [0, 0.1) is 0 Å². The fraction of sp³-hybridized carbons (Fsp3) is 0.571. The molecule has 0 atom stereocenters. The van der Waals surface area contributed by atoms with E-state index in [4.69, 9.17) is 0 Å². The molecule has 0 unspecified atom stereocenters. The molecule has 1 N–H and O–H groups in total. The smallest absolute Gasteiger partial charge is 0.175 e. The van der Waals surface area contributed by atoms with Gasteiger partial charge >= 0.3 is 0 Å². The molecule has 0 radical (unpaired) electrons. The Kier molecular flexibility index (Phi) is 7.49. The molecular formula is C14H23NO2S2. The second kappa shape index (κ2) is 8.61. The van der Waals surface area contributed by atoms with Gasteiger partial charge in [-0.2, -0.15) is 0 Å². The van der Waals surface area contributed by atoms with E-state index in [1.165, 1.54) is 25.5 Å². The summed E-state index contributed by atoms with van der Waals surface area (Å²) in [6.45, 7) is 4.28. The summed E-state index contributed by atoms with van der Waals surface area (Å²) in [5.41, 5.74) is 0. The first kappa shape index (κ1) is 16.5. The molecule has 0 aliphatic heterocycles. The van der Waals surface area contributed by atoms with E-state index in [2.05, 4.69) is 12.2 Å². The van der Waals surface area contributed by atoms with E-state index in [0.717, 1.165) is 23.7 Å². The van der Waals surface area contributed by atoms with Crippen LogP contribution in [0.1, 0.15) is 26.2 Å². The average molecular weight is 301 g/mol. The Labute approximate surface area is 121 Å². The van der Waals surface area contributed by atoms with Crippen LogP contribution >= 0.6 is 11.8 Å². The number of unbranched alkanes of at least 4 members (excludes halogenated alkanes) is 2. The maximum absolute atomic E-state index is 11.3. The van der Waals surface area contributed by atoms with Crippen molar-refractivity contribution in [2.24, 2.45) is 0 Å². The lowest BCUT2D eigenvalue weighted by atomic mass is 10.2. The van der Waals surface area contributed by atoms with Crippen LogP contribution in [-0.4, -0.2) is 33.5 Å². The van der Waals surface area contributed by atoms with Gasteiger partial charge in [0.1, 0.15) is 0 Å². The summed E-state index contributed by atoms with van der Waals surface area (Å²) in [6, 6.07) is 7.09. The van der Waals surface area contributed by atoms with Crippen molar-refractivity contribution >= 4 is 21.6 Å². The van der Waals surface area contributed by atoms with Gasteiger partial charge in [-0.25, -0.2) is 8.42 Å². The average Bonchev–Trinajstić information content (AvgIpc) is 2.37. The number of thioether (sulfide) groups is 1. The highest BCUT2D eigenvalue weighted by atomic mass is 32.2. The minimum atomic E-state index is -3.08. The summed E-state index contributed by atoms with van der Waals surface area (Å²) in [5.74, 6) is 1.00. The minimum Gasteiger partial charge on any atom is -0.316 e. The SMILES string of the molecule is CCCCCNCCSc1ccc(S(C)(=O)=O)cc1. The van der Waals surface area contributed by atoms with Crippen molar-refractivity contribution in [3.63, 3.8) is 0 Å². The monoisotopic (exact) mass is 301 g/mol. The van der Waals surface area contributed by atoms with Crippen LogP contribution < -0.4 is 5.32 Å². The molecule has 1 aromatic rings. The lowest BCUT2D eigenvalue weighted by molar-refractivity contribution is 0.602. The molecule has 0 spiro atoms. The summed E-state index contributed by atoms with van der Waals surface area (Å²) in [4.78, 5) is 1.50. The molecule has 1 aromatic carbocycles. The predicted octanol–water partition coefficient (Wildman–Crippen LogP) is 2.96. The van der Waals surface area contributed by atoms with Gasteiger partial charge in [0, 0.05) is 23.4 Å². The van der Waals surface area contributed by atoms with E-state index in [-0.39, 0.29) is 0 Å². The van der Waals surface area contributed by atoms with Crippen molar-refractivity contribution in [3.05, 3.63) is 24.3 Å². The summed E-state index contributed by atoms with van der Waals surface area (Å²) < 4.78 is 22.6. The summed E-state index contributed by atoms with van der Waals surface area (Å²) >= 11 is 1.75. The Balaban J connectivity index is 2.23. The zero-order valence-corrected chi connectivity index (χ0v) is 13.3. The number of benzene rings is 1. The highest BCUT2D eigenvalue weighted by Gasteiger charge is 2.05. The quantitative estimate of drug-likeness (QED) is 0.563. The van der Waals surface area contributed by atoms with E-state index in [1.807, 2.05) is 12.1 Å². The Hall–Kier alpha value is -0.520. The van der Waals surface area contributed by atoms with Gasteiger partial charge in [0.25, 0.3) is 0 Å². The van der Waals surface area contributed by atoms with Crippen LogP contribution in [0.2, 0.25) is 0 Å². The van der Waals surface area contributed by atoms with Gasteiger partial charge in [-0.05, 0) is 37.2 Å². The highest BCUT2D eigenvalue weighted by molar-refractivity contribution is 7.99. The third-order valence-corrected chi connectivity index (χ3v) is 4.90. The van der Waals surface area contributed by atoms with E-state index in [1.54, 1.807) is 23.9 Å². The molecule has 0 saturated heterocycles. The third kappa shape index (κ3) is 6.99. The molecule has 108 valence electrons. The van der Waals surface area contributed by atoms with Crippen molar-refractivity contribution in [2.45, 2.75) is 36.0 Å². The molecular weight excluding hydrogens is 278 g/mol. The lowest BCUT2D eigenvalue weighted by Gasteiger charge is -2.05. The molecule has 5 heteroatoms. The molecule has 0 aliphatic rings. The topological polar surface area (TPSA) is 46.2 Å². The van der Waals surface area contributed by atoms with Crippen LogP contribution in [0.5, 0.6) is 0 Å². The van der Waals surface area contributed by atoms with Crippen LogP contribution in [0.4, 0.5) is 0 Å². The van der Waals surface area contributed by atoms with Gasteiger partial charge in [-0.15, -0.1) is 11.8 Å². The summed E-state index contributed by atoms with van der Waals surface area (Å²) in [5, 5.41) is 3.41. The van der Waals surface area contributed by atoms with E-state index >= 15 is 0 Å². The molecule has 0 aliphatic carbocycles. The van der Waals surface area contributed by atoms with Crippen LogP contribution in [-0.2, 0) is 9.84 Å². The van der Waals surface area contributed by atoms with Crippen molar-refractivity contribution in [3.8, 4) is 0 Å². The van der Waals surface area contributed by atoms with Gasteiger partial charge < -0.3 is 5.32 Å². The van der Waals surface area contributed by atoms with Crippen molar-refractivity contribution < 1.29 is 8.42 Å². The molecule has 3 nitrogen and oxygen atoms in total. The fourth-order valence-electron chi connectivity index (χ4n) is 1.65. The first-order valence-electron chi connectivity index (χ1n) is 6.67. The maximum atomic E-state index is 11.3. The van der Waals surface area contributed by atoms with E-state index in [9.17, 15) is 8.42 Å². The zero-order valence-electron chi connectivity index (χ0n) is 11.7. The lowest BCUT2D eigenvalue weighted by Crippen LogP contribution is -2.18. The van der Waals surface area contributed by atoms with E-state index in [0.29, 0.717) is 4.90 Å². The Morgan fingerprint density at radius 3 is 2.37 bits per heavy atom. The van der Waals surface area contributed by atoms with Gasteiger partial charge in [0.2, 0.25) is 0 Å². The zero-order chi connectivity index (χ0) is 14.1. The first-order chi connectivity index (χ1) is 9.04. The summed E-state index contributed by atoms with van der Waals surface area (Å²) in [7, 11) is -3.08. The second-order valence-corrected chi connectivity index (χ2v) is 7.73. The predicted molar refractivity (Wildman–Crippen MR) is 82.7 cm³/mol. The van der Waals surface area contributed by atoms with Gasteiger partial charge in [0.05, 0.1) is 4.90 Å². The van der Waals surface area contributed by atoms with Gasteiger partial charge in [-0.1, -0.05) is 19.8 Å². The molecule has 0 bridgehead atoms. The Morgan fingerprint density at radius 2 is 1.79 bits per heavy atom. The normalized spacial score (nSPS) is 11.7. The molecule has 0 saturated carbocycles. The van der Waals surface area contributed by atoms with Gasteiger partial charge in [-0.3, -0.25) is 0 Å². The second-order valence-electron chi connectivity index (χ2n) is 4.55. The number of rotatable bonds is 9. The largest absolute Gasteiger partial charge is 0.316 e. The van der Waals surface area contributed by atoms with Gasteiger partial charge in [0.15, 0.2) is 9.84 Å². The van der Waals surface area contributed by atoms with E-state index < -0.39 is 9.84 Å². The number of sulfone groups is 1. The molecule has 19 heavy (non-hydrogen) atoms. The summed E-state index contributed by atoms with van der Waals surface area (Å²) in [6.07, 6.45) is 5.01. The molecule has 1 rings (SSSR count). The maximum Gasteiger partial charge on any atom is 0.175 e. The number of hydrogen-bond donors (Lipinski definition) is 1. The van der Waals surface area contributed by atoms with Crippen molar-refractivity contribution in [2.75, 3.05) is 25.1 Å². The molecule has 0 aromatic heterocycles. The first-order valence-corrected chi connectivity index (χ1v) is 9.55. The molecule has 0 fully saturated rings. The van der Waals surface area contributed by atoms with Crippen LogP contribution in [0.3, 0.4) is 0 Å². The Morgan fingerprint density at radius 1 is 1.11 bits per heavy atom.